The van der Waals surface area contributed by atoms with Crippen molar-refractivity contribution in [3.8, 4) is 0 Å². The number of rotatable bonds is 2. The second-order valence-corrected chi connectivity index (χ2v) is 4.19. The van der Waals surface area contributed by atoms with Gasteiger partial charge in [0.05, 0.1) is 17.6 Å². The number of para-hydroxylation sites is 1. The standard InChI is InChI=1S/C13H11N3O2/c17-11-7-10(13(18)16-11)15-9-5-1-3-8-4-2-6-14-12(8)9/h1-6,10,15H,7H2,(H,16,17,18). The Labute approximate surface area is 103 Å². The van der Waals surface area contributed by atoms with Crippen LogP contribution in [0.2, 0.25) is 0 Å². The maximum absolute atomic E-state index is 11.5. The van der Waals surface area contributed by atoms with Crippen molar-refractivity contribution in [2.75, 3.05) is 5.32 Å². The molecule has 1 unspecified atom stereocenters. The van der Waals surface area contributed by atoms with Crippen LogP contribution in [-0.2, 0) is 9.59 Å². The molecule has 5 nitrogen and oxygen atoms in total. The van der Waals surface area contributed by atoms with Gasteiger partial charge in [-0.1, -0.05) is 18.2 Å². The first-order chi connectivity index (χ1) is 8.74. The highest BCUT2D eigenvalue weighted by Crippen LogP contribution is 2.22. The van der Waals surface area contributed by atoms with Gasteiger partial charge in [-0.25, -0.2) is 0 Å². The lowest BCUT2D eigenvalue weighted by atomic mass is 10.1. The van der Waals surface area contributed by atoms with Gasteiger partial charge in [-0.15, -0.1) is 0 Å². The van der Waals surface area contributed by atoms with Crippen LogP contribution in [0.25, 0.3) is 10.9 Å². The van der Waals surface area contributed by atoms with E-state index in [0.29, 0.717) is 0 Å². The van der Waals surface area contributed by atoms with Crippen LogP contribution in [0.4, 0.5) is 5.69 Å². The molecule has 0 bridgehead atoms. The molecule has 1 aliphatic rings. The van der Waals surface area contributed by atoms with Gasteiger partial charge < -0.3 is 5.32 Å². The van der Waals surface area contributed by atoms with Crippen molar-refractivity contribution in [3.05, 3.63) is 36.5 Å². The Balaban J connectivity index is 1.95. The molecule has 1 aromatic carbocycles. The van der Waals surface area contributed by atoms with Crippen LogP contribution in [-0.4, -0.2) is 22.8 Å². The molecule has 0 radical (unpaired) electrons. The number of hydrogen-bond acceptors (Lipinski definition) is 4. The molecule has 0 spiro atoms. The first-order valence-electron chi connectivity index (χ1n) is 5.68. The second kappa shape index (κ2) is 4.10. The van der Waals surface area contributed by atoms with Gasteiger partial charge >= 0.3 is 0 Å². The van der Waals surface area contributed by atoms with E-state index in [2.05, 4.69) is 15.6 Å². The first kappa shape index (κ1) is 10.7. The van der Waals surface area contributed by atoms with Crippen LogP contribution in [0, 0.1) is 0 Å². The third-order valence-electron chi connectivity index (χ3n) is 2.93. The summed E-state index contributed by atoms with van der Waals surface area (Å²) in [6, 6.07) is 9.00. The first-order valence-corrected chi connectivity index (χ1v) is 5.68. The van der Waals surface area contributed by atoms with E-state index in [4.69, 9.17) is 0 Å². The summed E-state index contributed by atoms with van der Waals surface area (Å²) in [7, 11) is 0. The number of nitrogens with one attached hydrogen (secondary N) is 2. The van der Waals surface area contributed by atoms with E-state index in [0.717, 1.165) is 16.6 Å². The SMILES string of the molecule is O=C1CC(Nc2cccc3cccnc23)C(=O)N1. The Morgan fingerprint density at radius 2 is 2.06 bits per heavy atom. The van der Waals surface area contributed by atoms with Crippen LogP contribution >= 0.6 is 0 Å². The summed E-state index contributed by atoms with van der Waals surface area (Å²) < 4.78 is 0. The van der Waals surface area contributed by atoms with Gasteiger partial charge in [-0.3, -0.25) is 19.9 Å². The molecule has 90 valence electrons. The van der Waals surface area contributed by atoms with Crippen molar-refractivity contribution in [1.82, 2.24) is 10.3 Å². The van der Waals surface area contributed by atoms with E-state index in [1.54, 1.807) is 6.20 Å². The summed E-state index contributed by atoms with van der Waals surface area (Å²) in [6.45, 7) is 0. The van der Waals surface area contributed by atoms with Gasteiger partial charge in [0.1, 0.15) is 6.04 Å². The van der Waals surface area contributed by atoms with Gasteiger partial charge in [0.25, 0.3) is 0 Å². The molecule has 1 atom stereocenters. The minimum Gasteiger partial charge on any atom is -0.371 e. The Morgan fingerprint density at radius 1 is 1.22 bits per heavy atom. The van der Waals surface area contributed by atoms with E-state index >= 15 is 0 Å². The highest BCUT2D eigenvalue weighted by molar-refractivity contribution is 6.07. The normalized spacial score (nSPS) is 19.0. The number of imide groups is 1. The van der Waals surface area contributed by atoms with Crippen molar-refractivity contribution in [2.24, 2.45) is 0 Å². The Morgan fingerprint density at radius 3 is 2.83 bits per heavy atom. The van der Waals surface area contributed by atoms with Crippen molar-refractivity contribution < 1.29 is 9.59 Å². The molecule has 2 aromatic rings. The predicted octanol–water partition coefficient (Wildman–Crippen LogP) is 1.06. The van der Waals surface area contributed by atoms with Gasteiger partial charge in [-0.05, 0) is 12.1 Å². The molecule has 1 saturated heterocycles. The molecule has 2 heterocycles. The van der Waals surface area contributed by atoms with E-state index in [-0.39, 0.29) is 18.2 Å². The van der Waals surface area contributed by atoms with Crippen molar-refractivity contribution in [2.45, 2.75) is 12.5 Å². The number of anilines is 1. The number of hydrogen-bond donors (Lipinski definition) is 2. The number of aromatic nitrogens is 1. The Kier molecular flexibility index (Phi) is 2.44. The van der Waals surface area contributed by atoms with Crippen LogP contribution < -0.4 is 10.6 Å². The van der Waals surface area contributed by atoms with Gasteiger partial charge in [-0.2, -0.15) is 0 Å². The molecule has 0 saturated carbocycles. The third kappa shape index (κ3) is 1.79. The highest BCUT2D eigenvalue weighted by atomic mass is 16.2. The molecule has 1 aliphatic heterocycles. The molecular formula is C13H11N3O2. The Hall–Kier alpha value is -2.43. The minimum atomic E-state index is -0.509. The molecule has 3 rings (SSSR count). The maximum atomic E-state index is 11.5. The average Bonchev–Trinajstić information content (AvgIpc) is 2.68. The van der Waals surface area contributed by atoms with E-state index < -0.39 is 6.04 Å². The average molecular weight is 241 g/mol. The fourth-order valence-corrected chi connectivity index (χ4v) is 2.08. The number of nitrogens with zero attached hydrogens (tertiary/aromatic N) is 1. The lowest BCUT2D eigenvalue weighted by molar-refractivity contribution is -0.124. The summed E-state index contributed by atoms with van der Waals surface area (Å²) in [4.78, 5) is 26.9. The quantitative estimate of drug-likeness (QED) is 0.771. The van der Waals surface area contributed by atoms with Crippen molar-refractivity contribution in [3.63, 3.8) is 0 Å². The fourth-order valence-electron chi connectivity index (χ4n) is 2.08. The third-order valence-corrected chi connectivity index (χ3v) is 2.93. The monoisotopic (exact) mass is 241 g/mol. The molecular weight excluding hydrogens is 230 g/mol. The number of pyridine rings is 1. The molecule has 1 fully saturated rings. The lowest BCUT2D eigenvalue weighted by Crippen LogP contribution is -2.30. The fraction of sp³-hybridized carbons (Fsp3) is 0.154. The molecule has 0 aliphatic carbocycles. The van der Waals surface area contributed by atoms with E-state index in [1.165, 1.54) is 0 Å². The summed E-state index contributed by atoms with van der Waals surface area (Å²) in [5.41, 5.74) is 1.56. The number of carbonyl (C=O) groups is 2. The van der Waals surface area contributed by atoms with Crippen LogP contribution in [0.1, 0.15) is 6.42 Å². The van der Waals surface area contributed by atoms with Crippen molar-refractivity contribution in [1.29, 1.82) is 0 Å². The number of amides is 2. The zero-order chi connectivity index (χ0) is 12.5. The van der Waals surface area contributed by atoms with Gasteiger partial charge in [0.2, 0.25) is 11.8 Å². The second-order valence-electron chi connectivity index (χ2n) is 4.19. The van der Waals surface area contributed by atoms with Gasteiger partial charge in [0, 0.05) is 11.6 Å². The molecule has 2 amide bonds. The summed E-state index contributed by atoms with van der Waals surface area (Å²) in [5, 5.41) is 6.34. The zero-order valence-electron chi connectivity index (χ0n) is 9.51. The lowest BCUT2D eigenvalue weighted by Gasteiger charge is -2.12. The molecule has 2 N–H and O–H groups in total. The molecule has 5 heteroatoms. The van der Waals surface area contributed by atoms with E-state index in [9.17, 15) is 9.59 Å². The van der Waals surface area contributed by atoms with Crippen LogP contribution in [0.15, 0.2) is 36.5 Å². The summed E-state index contributed by atoms with van der Waals surface area (Å²) >= 11 is 0. The van der Waals surface area contributed by atoms with Crippen LogP contribution in [0.5, 0.6) is 0 Å². The molecule has 1 aromatic heterocycles. The van der Waals surface area contributed by atoms with Gasteiger partial charge in [0.15, 0.2) is 0 Å². The number of fused-ring (bicyclic) bond motifs is 1. The highest BCUT2D eigenvalue weighted by Gasteiger charge is 2.30. The topological polar surface area (TPSA) is 71.1 Å². The van der Waals surface area contributed by atoms with Crippen LogP contribution in [0.3, 0.4) is 0 Å². The number of benzene rings is 1. The predicted molar refractivity (Wildman–Crippen MR) is 66.9 cm³/mol. The zero-order valence-corrected chi connectivity index (χ0v) is 9.51. The minimum absolute atomic E-state index is 0.169. The molecule has 18 heavy (non-hydrogen) atoms. The largest absolute Gasteiger partial charge is 0.371 e. The van der Waals surface area contributed by atoms with Crippen molar-refractivity contribution >= 4 is 28.4 Å². The number of carbonyl (C=O) groups excluding carboxylic acids is 2. The smallest absolute Gasteiger partial charge is 0.249 e. The maximum Gasteiger partial charge on any atom is 0.249 e. The Bertz CT molecular complexity index is 634. The summed E-state index contributed by atoms with van der Waals surface area (Å²) in [6.07, 6.45) is 1.87. The summed E-state index contributed by atoms with van der Waals surface area (Å²) in [5.74, 6) is -0.529. The van der Waals surface area contributed by atoms with E-state index in [1.807, 2.05) is 30.3 Å².